The minimum absolute atomic E-state index is 0.200. The van der Waals surface area contributed by atoms with Gasteiger partial charge in [0, 0.05) is 23.4 Å². The van der Waals surface area contributed by atoms with Crippen LogP contribution in [0.3, 0.4) is 0 Å². The van der Waals surface area contributed by atoms with Gasteiger partial charge in [-0.25, -0.2) is 4.98 Å². The number of fused-ring (bicyclic) bond motifs is 1. The lowest BCUT2D eigenvalue weighted by Crippen LogP contribution is -2.30. The highest BCUT2D eigenvalue weighted by atomic mass is 16.4. The van der Waals surface area contributed by atoms with E-state index in [0.717, 1.165) is 41.0 Å². The summed E-state index contributed by atoms with van der Waals surface area (Å²) in [5.74, 6) is -0.371. The average Bonchev–Trinajstić information content (AvgIpc) is 3.27. The third kappa shape index (κ3) is 5.66. The molecule has 2 aromatic heterocycles. The van der Waals surface area contributed by atoms with Gasteiger partial charge in [-0.05, 0) is 37.5 Å². The molecule has 37 heavy (non-hydrogen) atoms. The quantitative estimate of drug-likeness (QED) is 0.278. The number of carbonyl (C=O) groups is 2. The highest BCUT2D eigenvalue weighted by Gasteiger charge is 2.22. The van der Waals surface area contributed by atoms with Crippen LogP contribution in [0.15, 0.2) is 72.9 Å². The highest BCUT2D eigenvalue weighted by molar-refractivity contribution is 5.96. The van der Waals surface area contributed by atoms with E-state index in [1.165, 1.54) is 19.3 Å². The largest absolute Gasteiger partial charge is 0.481 e. The second-order valence-electron chi connectivity index (χ2n) is 9.83. The number of carboxylic acids is 1. The molecular formula is C30H32N4O3. The van der Waals surface area contributed by atoms with Crippen LogP contribution in [0.4, 0.5) is 5.82 Å². The van der Waals surface area contributed by atoms with Crippen molar-refractivity contribution in [2.75, 3.05) is 5.32 Å². The molecule has 1 atom stereocenters. The van der Waals surface area contributed by atoms with Crippen LogP contribution in [0.2, 0.25) is 0 Å². The topological polar surface area (TPSA) is 95.7 Å². The van der Waals surface area contributed by atoms with Gasteiger partial charge in [0.1, 0.15) is 17.2 Å². The van der Waals surface area contributed by atoms with Crippen LogP contribution >= 0.6 is 0 Å². The number of carboxylic acid groups (broad SMARTS) is 1. The summed E-state index contributed by atoms with van der Waals surface area (Å²) in [5.41, 5.74) is 4.79. The second kappa shape index (κ2) is 10.9. The van der Waals surface area contributed by atoms with Crippen molar-refractivity contribution in [2.24, 2.45) is 0 Å². The first-order valence-corrected chi connectivity index (χ1v) is 12.9. The molecule has 7 heteroatoms. The third-order valence-corrected chi connectivity index (χ3v) is 7.05. The van der Waals surface area contributed by atoms with Gasteiger partial charge in [0.2, 0.25) is 0 Å². The van der Waals surface area contributed by atoms with E-state index in [-0.39, 0.29) is 12.3 Å². The molecule has 0 bridgehead atoms. The summed E-state index contributed by atoms with van der Waals surface area (Å²) in [7, 11) is 0. The number of aryl methyl sites for hydroxylation is 1. The van der Waals surface area contributed by atoms with Crippen molar-refractivity contribution in [3.63, 3.8) is 0 Å². The summed E-state index contributed by atoms with van der Waals surface area (Å²) < 4.78 is 2.00. The molecule has 1 aliphatic rings. The number of amides is 1. The van der Waals surface area contributed by atoms with Gasteiger partial charge in [-0.2, -0.15) is 0 Å². The van der Waals surface area contributed by atoms with Crippen molar-refractivity contribution < 1.29 is 14.7 Å². The molecule has 4 aromatic rings. The summed E-state index contributed by atoms with van der Waals surface area (Å²) in [4.78, 5) is 29.7. The molecule has 0 saturated heterocycles. The number of benzene rings is 2. The molecule has 1 saturated carbocycles. The van der Waals surface area contributed by atoms with Crippen LogP contribution in [0.1, 0.15) is 66.1 Å². The molecule has 1 amide bonds. The third-order valence-electron chi connectivity index (χ3n) is 7.05. The van der Waals surface area contributed by atoms with Crippen molar-refractivity contribution in [1.29, 1.82) is 0 Å². The summed E-state index contributed by atoms with van der Waals surface area (Å²) in [6.45, 7) is 1.97. The molecule has 2 aromatic carbocycles. The first-order chi connectivity index (χ1) is 18.0. The highest BCUT2D eigenvalue weighted by Crippen LogP contribution is 2.32. The summed E-state index contributed by atoms with van der Waals surface area (Å²) in [6.07, 6.45) is 7.65. The molecule has 3 N–H and O–H groups in total. The number of pyridine rings is 1. The lowest BCUT2D eigenvalue weighted by atomic mass is 9.95. The SMILES string of the molecule is Cc1ccc(C(CC(=O)O)NC(=O)c2ccn3c(NC4CCCCC4)c(-c4ccccc4)nc3c2)cc1. The fourth-order valence-electron chi connectivity index (χ4n) is 5.03. The molecule has 190 valence electrons. The van der Waals surface area contributed by atoms with Crippen LogP contribution in [0, 0.1) is 6.92 Å². The second-order valence-corrected chi connectivity index (χ2v) is 9.83. The number of hydrogen-bond donors (Lipinski definition) is 3. The lowest BCUT2D eigenvalue weighted by molar-refractivity contribution is -0.137. The fraction of sp³-hybridized carbons (Fsp3) is 0.300. The number of aliphatic carboxylic acids is 1. The minimum Gasteiger partial charge on any atom is -0.481 e. The van der Waals surface area contributed by atoms with E-state index in [0.29, 0.717) is 17.3 Å². The number of imidazole rings is 1. The predicted molar refractivity (Wildman–Crippen MR) is 145 cm³/mol. The monoisotopic (exact) mass is 496 g/mol. The van der Waals surface area contributed by atoms with Crippen LogP contribution in [-0.2, 0) is 4.79 Å². The number of hydrogen-bond acceptors (Lipinski definition) is 4. The molecule has 1 fully saturated rings. The number of nitrogens with zero attached hydrogens (tertiary/aromatic N) is 2. The van der Waals surface area contributed by atoms with Crippen LogP contribution in [-0.4, -0.2) is 32.4 Å². The first kappa shape index (κ1) is 24.6. The number of aromatic nitrogens is 2. The number of anilines is 1. The van der Waals surface area contributed by atoms with Gasteiger partial charge in [0.05, 0.1) is 12.5 Å². The van der Waals surface area contributed by atoms with Gasteiger partial charge in [0.15, 0.2) is 0 Å². The smallest absolute Gasteiger partial charge is 0.305 e. The van der Waals surface area contributed by atoms with Crippen molar-refractivity contribution in [3.8, 4) is 11.3 Å². The average molecular weight is 497 g/mol. The van der Waals surface area contributed by atoms with Gasteiger partial charge in [-0.15, -0.1) is 0 Å². The molecular weight excluding hydrogens is 464 g/mol. The normalized spacial score (nSPS) is 14.8. The standard InChI is InChI=1S/C30H32N4O3/c1-20-12-14-21(15-13-20)25(19-27(35)36)32-30(37)23-16-17-34-26(18-23)33-28(22-8-4-2-5-9-22)29(34)31-24-10-6-3-7-11-24/h2,4-5,8-9,12-18,24-25,31H,3,6-7,10-11,19H2,1H3,(H,32,37)(H,35,36). The summed E-state index contributed by atoms with van der Waals surface area (Å²) in [5, 5.41) is 16.1. The number of nitrogens with one attached hydrogen (secondary N) is 2. The van der Waals surface area contributed by atoms with Crippen LogP contribution < -0.4 is 10.6 Å². The van der Waals surface area contributed by atoms with E-state index in [1.807, 2.05) is 72.1 Å². The van der Waals surface area contributed by atoms with E-state index in [4.69, 9.17) is 4.98 Å². The van der Waals surface area contributed by atoms with E-state index >= 15 is 0 Å². The lowest BCUT2D eigenvalue weighted by Gasteiger charge is -2.24. The van der Waals surface area contributed by atoms with Gasteiger partial charge < -0.3 is 15.7 Å². The Morgan fingerprint density at radius 3 is 2.46 bits per heavy atom. The summed E-state index contributed by atoms with van der Waals surface area (Å²) >= 11 is 0. The fourth-order valence-corrected chi connectivity index (χ4v) is 5.03. The molecule has 2 heterocycles. The van der Waals surface area contributed by atoms with Gasteiger partial charge in [-0.1, -0.05) is 79.4 Å². The first-order valence-electron chi connectivity index (χ1n) is 12.9. The summed E-state index contributed by atoms with van der Waals surface area (Å²) in [6, 6.07) is 20.9. The Hall–Kier alpha value is -4.13. The van der Waals surface area contributed by atoms with Gasteiger partial charge >= 0.3 is 5.97 Å². The van der Waals surface area contributed by atoms with Gasteiger partial charge in [0.25, 0.3) is 5.91 Å². The predicted octanol–water partition coefficient (Wildman–Crippen LogP) is 6.00. The van der Waals surface area contributed by atoms with Crippen LogP contribution in [0.25, 0.3) is 16.9 Å². The van der Waals surface area contributed by atoms with Crippen molar-refractivity contribution in [1.82, 2.24) is 14.7 Å². The molecule has 1 aliphatic carbocycles. The van der Waals surface area contributed by atoms with Gasteiger partial charge in [-0.3, -0.25) is 14.0 Å². The van der Waals surface area contributed by atoms with Crippen molar-refractivity contribution in [2.45, 2.75) is 57.5 Å². The number of rotatable bonds is 8. The Balaban J connectivity index is 1.46. The minimum atomic E-state index is -0.972. The maximum atomic E-state index is 13.2. The molecule has 7 nitrogen and oxygen atoms in total. The Morgan fingerprint density at radius 1 is 1.03 bits per heavy atom. The molecule has 5 rings (SSSR count). The molecule has 0 radical (unpaired) electrons. The zero-order chi connectivity index (χ0) is 25.8. The van der Waals surface area contributed by atoms with E-state index < -0.39 is 12.0 Å². The maximum absolute atomic E-state index is 13.2. The van der Waals surface area contributed by atoms with E-state index in [2.05, 4.69) is 10.6 Å². The van der Waals surface area contributed by atoms with Crippen molar-refractivity contribution in [3.05, 3.63) is 89.6 Å². The maximum Gasteiger partial charge on any atom is 0.305 e. The van der Waals surface area contributed by atoms with E-state index in [1.54, 1.807) is 12.1 Å². The molecule has 0 spiro atoms. The van der Waals surface area contributed by atoms with Crippen LogP contribution in [0.5, 0.6) is 0 Å². The Morgan fingerprint density at radius 2 is 1.76 bits per heavy atom. The van der Waals surface area contributed by atoms with Crippen molar-refractivity contribution >= 4 is 23.3 Å². The zero-order valence-corrected chi connectivity index (χ0v) is 21.0. The number of carbonyl (C=O) groups excluding carboxylic acids is 1. The Labute approximate surface area is 216 Å². The zero-order valence-electron chi connectivity index (χ0n) is 21.0. The molecule has 0 aliphatic heterocycles. The van der Waals surface area contributed by atoms with E-state index in [9.17, 15) is 14.7 Å². The Bertz CT molecular complexity index is 1390. The Kier molecular flexibility index (Phi) is 7.21. The molecule has 1 unspecified atom stereocenters.